The van der Waals surface area contributed by atoms with E-state index in [0.29, 0.717) is 22.1 Å². The fourth-order valence-corrected chi connectivity index (χ4v) is 3.11. The minimum Gasteiger partial charge on any atom is -0.489 e. The predicted molar refractivity (Wildman–Crippen MR) is 105 cm³/mol. The van der Waals surface area contributed by atoms with Gasteiger partial charge in [-0.2, -0.15) is 0 Å². The van der Waals surface area contributed by atoms with Crippen LogP contribution in [0.3, 0.4) is 0 Å². The Kier molecular flexibility index (Phi) is 6.97. The molecule has 134 valence electrons. The summed E-state index contributed by atoms with van der Waals surface area (Å²) in [4.78, 5) is 12.1. The lowest BCUT2D eigenvalue weighted by atomic mass is 10.1. The first-order valence-electron chi connectivity index (χ1n) is 8.20. The fourth-order valence-electron chi connectivity index (χ4n) is 2.89. The van der Waals surface area contributed by atoms with Gasteiger partial charge in [0.15, 0.2) is 0 Å². The molecule has 3 rings (SSSR count). The van der Waals surface area contributed by atoms with Gasteiger partial charge in [0.25, 0.3) is 0 Å². The van der Waals surface area contributed by atoms with Gasteiger partial charge in [0, 0.05) is 11.4 Å². The molecule has 25 heavy (non-hydrogen) atoms. The minimum atomic E-state index is -0.0969. The van der Waals surface area contributed by atoms with Crippen molar-refractivity contribution in [3.8, 4) is 5.75 Å². The first-order valence-corrected chi connectivity index (χ1v) is 8.58. The van der Waals surface area contributed by atoms with Crippen molar-refractivity contribution in [3.63, 3.8) is 0 Å². The molecule has 0 aromatic heterocycles. The highest BCUT2D eigenvalue weighted by Gasteiger charge is 2.18. The first-order chi connectivity index (χ1) is 11.6. The molecular formula is C19H22Cl2N2O2. The molecular weight excluding hydrogens is 359 g/mol. The Labute approximate surface area is 159 Å². The molecule has 3 N–H and O–H groups in total. The van der Waals surface area contributed by atoms with Crippen molar-refractivity contribution < 1.29 is 9.53 Å². The summed E-state index contributed by atoms with van der Waals surface area (Å²) < 4.78 is 5.92. The smallest absolute Gasteiger partial charge is 0.228 e. The van der Waals surface area contributed by atoms with Crippen molar-refractivity contribution in [2.24, 2.45) is 0 Å². The van der Waals surface area contributed by atoms with E-state index >= 15 is 0 Å². The van der Waals surface area contributed by atoms with Gasteiger partial charge >= 0.3 is 0 Å². The molecule has 0 aliphatic heterocycles. The fraction of sp³-hybridized carbons (Fsp3) is 0.316. The number of benzene rings is 2. The molecule has 1 amide bonds. The van der Waals surface area contributed by atoms with E-state index in [9.17, 15) is 4.79 Å². The van der Waals surface area contributed by atoms with Crippen LogP contribution in [-0.4, -0.2) is 12.0 Å². The van der Waals surface area contributed by atoms with Crippen molar-refractivity contribution in [3.05, 3.63) is 53.1 Å². The lowest BCUT2D eigenvalue weighted by Gasteiger charge is -2.15. The van der Waals surface area contributed by atoms with Crippen LogP contribution >= 0.6 is 24.0 Å². The Hall–Kier alpha value is -1.91. The zero-order valence-corrected chi connectivity index (χ0v) is 15.4. The van der Waals surface area contributed by atoms with Gasteiger partial charge in [-0.25, -0.2) is 0 Å². The molecule has 0 bridgehead atoms. The zero-order chi connectivity index (χ0) is 16.9. The van der Waals surface area contributed by atoms with Crippen LogP contribution in [0.1, 0.15) is 31.2 Å². The Morgan fingerprint density at radius 2 is 1.84 bits per heavy atom. The van der Waals surface area contributed by atoms with Crippen LogP contribution in [0.25, 0.3) is 0 Å². The van der Waals surface area contributed by atoms with E-state index in [2.05, 4.69) is 5.32 Å². The number of nitrogens with one attached hydrogen (secondary N) is 1. The van der Waals surface area contributed by atoms with E-state index in [1.165, 1.54) is 12.8 Å². The number of carbonyl (C=O) groups is 1. The quantitative estimate of drug-likeness (QED) is 0.728. The zero-order valence-electron chi connectivity index (χ0n) is 13.8. The summed E-state index contributed by atoms with van der Waals surface area (Å²) >= 11 is 6.28. The maximum Gasteiger partial charge on any atom is 0.228 e. The summed E-state index contributed by atoms with van der Waals surface area (Å²) in [5, 5.41) is 3.38. The molecule has 1 fully saturated rings. The van der Waals surface area contributed by atoms with Crippen molar-refractivity contribution in [1.29, 1.82) is 0 Å². The summed E-state index contributed by atoms with van der Waals surface area (Å²) in [7, 11) is 0. The van der Waals surface area contributed by atoms with Gasteiger partial charge in [-0.1, -0.05) is 23.7 Å². The number of carbonyl (C=O) groups excluding carboxylic acids is 1. The Bertz CT molecular complexity index is 714. The number of ether oxygens (including phenoxy) is 1. The highest BCUT2D eigenvalue weighted by molar-refractivity contribution is 6.32. The van der Waals surface area contributed by atoms with Crippen molar-refractivity contribution in [1.82, 2.24) is 0 Å². The van der Waals surface area contributed by atoms with Gasteiger partial charge in [-0.3, -0.25) is 4.79 Å². The molecule has 1 saturated carbocycles. The van der Waals surface area contributed by atoms with Gasteiger partial charge in [-0.15, -0.1) is 12.4 Å². The Balaban J connectivity index is 0.00000225. The molecule has 6 heteroatoms. The predicted octanol–water partition coefficient (Wildman–Crippen LogP) is 4.85. The number of hydrogen-bond donors (Lipinski definition) is 2. The molecule has 4 nitrogen and oxygen atoms in total. The van der Waals surface area contributed by atoms with Gasteiger partial charge in [-0.05, 0) is 61.6 Å². The van der Waals surface area contributed by atoms with E-state index in [1.807, 2.05) is 24.3 Å². The molecule has 0 saturated heterocycles. The van der Waals surface area contributed by atoms with Crippen LogP contribution in [0.4, 0.5) is 11.4 Å². The number of amides is 1. The average Bonchev–Trinajstić information content (AvgIpc) is 3.05. The minimum absolute atomic E-state index is 0. The first kappa shape index (κ1) is 19.4. The van der Waals surface area contributed by atoms with Crippen molar-refractivity contribution in [2.75, 3.05) is 11.1 Å². The van der Waals surface area contributed by atoms with Crippen LogP contribution in [0, 0.1) is 0 Å². The molecule has 0 heterocycles. The standard InChI is InChI=1S/C19H21ClN2O2.ClH/c20-17-12-15(9-10-18(17)24-16-3-1-2-4-16)22-19(23)11-13-5-7-14(21)8-6-13;/h5-10,12,16H,1-4,11,21H2,(H,22,23);1H. The number of nitrogen functional groups attached to an aromatic ring is 1. The number of rotatable bonds is 5. The number of nitrogens with two attached hydrogens (primary N) is 1. The topological polar surface area (TPSA) is 64.4 Å². The maximum absolute atomic E-state index is 12.1. The number of hydrogen-bond acceptors (Lipinski definition) is 3. The second-order valence-electron chi connectivity index (χ2n) is 6.14. The molecule has 0 radical (unpaired) electrons. The molecule has 0 atom stereocenters. The summed E-state index contributed by atoms with van der Waals surface area (Å²) in [6.07, 6.45) is 5.13. The van der Waals surface area contributed by atoms with E-state index in [4.69, 9.17) is 22.1 Å². The van der Waals surface area contributed by atoms with Gasteiger partial charge in [0.05, 0.1) is 17.5 Å². The lowest BCUT2D eigenvalue weighted by Crippen LogP contribution is -2.15. The number of halogens is 2. The molecule has 0 unspecified atom stereocenters. The normalized spacial score (nSPS) is 14.0. The monoisotopic (exact) mass is 380 g/mol. The summed E-state index contributed by atoms with van der Waals surface area (Å²) in [6.45, 7) is 0. The van der Waals surface area contributed by atoms with Crippen LogP contribution in [0.2, 0.25) is 5.02 Å². The van der Waals surface area contributed by atoms with Crippen molar-refractivity contribution >= 4 is 41.3 Å². The summed E-state index contributed by atoms with van der Waals surface area (Å²) in [5.74, 6) is 0.584. The van der Waals surface area contributed by atoms with Crippen molar-refractivity contribution in [2.45, 2.75) is 38.2 Å². The summed E-state index contributed by atoms with van der Waals surface area (Å²) in [5.41, 5.74) is 7.90. The van der Waals surface area contributed by atoms with Crippen LogP contribution in [-0.2, 0) is 11.2 Å². The highest BCUT2D eigenvalue weighted by Crippen LogP contribution is 2.31. The van der Waals surface area contributed by atoms with E-state index < -0.39 is 0 Å². The van der Waals surface area contributed by atoms with Crippen LogP contribution in [0.15, 0.2) is 42.5 Å². The Morgan fingerprint density at radius 3 is 2.48 bits per heavy atom. The van der Waals surface area contributed by atoms with E-state index in [0.717, 1.165) is 18.4 Å². The third-order valence-electron chi connectivity index (χ3n) is 4.16. The van der Waals surface area contributed by atoms with Crippen LogP contribution in [0.5, 0.6) is 5.75 Å². The highest BCUT2D eigenvalue weighted by atomic mass is 35.5. The van der Waals surface area contributed by atoms with E-state index in [1.54, 1.807) is 18.2 Å². The third-order valence-corrected chi connectivity index (χ3v) is 4.45. The lowest BCUT2D eigenvalue weighted by molar-refractivity contribution is -0.115. The molecule has 0 spiro atoms. The number of anilines is 2. The molecule has 2 aromatic rings. The average molecular weight is 381 g/mol. The third kappa shape index (κ3) is 5.55. The maximum atomic E-state index is 12.1. The molecule has 1 aliphatic carbocycles. The van der Waals surface area contributed by atoms with Crippen LogP contribution < -0.4 is 15.8 Å². The largest absolute Gasteiger partial charge is 0.489 e. The SMILES string of the molecule is Cl.Nc1ccc(CC(=O)Nc2ccc(OC3CCCC3)c(Cl)c2)cc1. The summed E-state index contributed by atoms with van der Waals surface area (Å²) in [6, 6.07) is 12.6. The Morgan fingerprint density at radius 1 is 1.16 bits per heavy atom. The molecule has 2 aromatic carbocycles. The van der Waals surface area contributed by atoms with Gasteiger partial charge in [0.1, 0.15) is 5.75 Å². The molecule has 1 aliphatic rings. The second-order valence-corrected chi connectivity index (χ2v) is 6.54. The van der Waals surface area contributed by atoms with E-state index in [-0.39, 0.29) is 30.8 Å². The van der Waals surface area contributed by atoms with Gasteiger partial charge in [0.2, 0.25) is 5.91 Å². The second kappa shape index (κ2) is 8.97. The van der Waals surface area contributed by atoms with Gasteiger partial charge < -0.3 is 15.8 Å².